The molecule has 0 amide bonds. The van der Waals surface area contributed by atoms with Crippen molar-refractivity contribution in [2.75, 3.05) is 0 Å². The molecular formula is C5H11B3P. The lowest BCUT2D eigenvalue weighted by Crippen LogP contribution is -2.19. The molecular weight excluding hydrogens is 123 g/mol. The van der Waals surface area contributed by atoms with E-state index in [1.807, 2.05) is 0 Å². The lowest BCUT2D eigenvalue weighted by molar-refractivity contribution is 0.797. The van der Waals surface area contributed by atoms with Crippen molar-refractivity contribution in [2.24, 2.45) is 0 Å². The fourth-order valence-electron chi connectivity index (χ4n) is 0.224. The molecule has 1 unspecified atom stereocenters. The smallest absolute Gasteiger partial charge is 0.0963 e. The Bertz CT molecular complexity index is 136. The van der Waals surface area contributed by atoms with Crippen molar-refractivity contribution in [3.63, 3.8) is 0 Å². The zero-order valence-electron chi connectivity index (χ0n) is 6.39. The minimum Gasteiger partial charge on any atom is -0.188 e. The standard InChI is InChI=1S/C5H11B3P/c1-5(2,3)9(4,7)8-6/h4H2,1-3H3. The summed E-state index contributed by atoms with van der Waals surface area (Å²) >= 11 is 0. The average molecular weight is 135 g/mol. The van der Waals surface area contributed by atoms with Gasteiger partial charge in [-0.25, -0.2) is 0 Å². The van der Waals surface area contributed by atoms with E-state index in [9.17, 15) is 0 Å². The van der Waals surface area contributed by atoms with Crippen molar-refractivity contribution >= 4 is 35.1 Å². The molecule has 4 heteroatoms. The summed E-state index contributed by atoms with van der Waals surface area (Å²) in [6.07, 6.45) is 3.87. The van der Waals surface area contributed by atoms with Crippen molar-refractivity contribution in [1.82, 2.24) is 0 Å². The van der Waals surface area contributed by atoms with Gasteiger partial charge in [0.25, 0.3) is 0 Å². The summed E-state index contributed by atoms with van der Waals surface area (Å²) < 4.78 is 0. The van der Waals surface area contributed by atoms with Crippen LogP contribution in [-0.4, -0.2) is 33.6 Å². The lowest BCUT2D eigenvalue weighted by atomic mass is 9.79. The maximum absolute atomic E-state index is 5.81. The Kier molecular flexibility index (Phi) is 2.76. The van der Waals surface area contributed by atoms with Crippen LogP contribution in [-0.2, 0) is 0 Å². The first-order valence-corrected chi connectivity index (χ1v) is 5.00. The molecule has 0 bridgehead atoms. The molecule has 5 radical (unpaired) electrons. The van der Waals surface area contributed by atoms with Crippen LogP contribution in [0.1, 0.15) is 20.8 Å². The molecule has 0 nitrogen and oxygen atoms in total. The van der Waals surface area contributed by atoms with E-state index < -0.39 is 6.64 Å². The zero-order chi connectivity index (χ0) is 7.71. The molecule has 0 aliphatic rings. The van der Waals surface area contributed by atoms with E-state index >= 15 is 0 Å². The van der Waals surface area contributed by atoms with Gasteiger partial charge in [-0.15, -0.1) is 6.30 Å². The van der Waals surface area contributed by atoms with Crippen molar-refractivity contribution in [3.8, 4) is 0 Å². The first-order chi connectivity index (χ1) is 3.81. The van der Waals surface area contributed by atoms with Crippen LogP contribution in [0.4, 0.5) is 0 Å². The third-order valence-electron chi connectivity index (χ3n) is 1.51. The molecule has 0 N–H and O–H groups in total. The van der Waals surface area contributed by atoms with Crippen molar-refractivity contribution in [1.29, 1.82) is 0 Å². The van der Waals surface area contributed by atoms with Gasteiger partial charge < -0.3 is 0 Å². The molecule has 0 aliphatic carbocycles. The molecule has 0 heterocycles. The first-order valence-electron chi connectivity index (χ1n) is 2.89. The zero-order valence-corrected chi connectivity index (χ0v) is 7.28. The van der Waals surface area contributed by atoms with E-state index in [4.69, 9.17) is 15.3 Å². The summed E-state index contributed by atoms with van der Waals surface area (Å²) in [5, 5.41) is 0.0434. The van der Waals surface area contributed by atoms with Gasteiger partial charge in [-0.05, 0) is 5.16 Å². The Hall–Kier alpha value is 0.495. The van der Waals surface area contributed by atoms with Gasteiger partial charge >= 0.3 is 0 Å². The molecule has 0 aromatic heterocycles. The Morgan fingerprint density at radius 3 is 1.78 bits per heavy atom. The summed E-state index contributed by atoms with van der Waals surface area (Å²) in [7, 11) is 11.1. The summed E-state index contributed by atoms with van der Waals surface area (Å²) in [6, 6.07) is 0. The molecule has 0 aliphatic heterocycles. The maximum atomic E-state index is 5.81. The van der Waals surface area contributed by atoms with Crippen molar-refractivity contribution < 1.29 is 0 Å². The molecule has 45 valence electrons. The van der Waals surface area contributed by atoms with Crippen LogP contribution in [0.25, 0.3) is 0 Å². The van der Waals surface area contributed by atoms with Crippen LogP contribution < -0.4 is 0 Å². The highest BCUT2D eigenvalue weighted by molar-refractivity contribution is 8.19. The van der Waals surface area contributed by atoms with E-state index in [0.717, 1.165) is 0 Å². The molecule has 0 rings (SSSR count). The fraction of sp³-hybridized carbons (Fsp3) is 0.800. The van der Waals surface area contributed by atoms with Gasteiger partial charge in [0.15, 0.2) is 0 Å². The monoisotopic (exact) mass is 135 g/mol. The lowest BCUT2D eigenvalue weighted by Gasteiger charge is -2.34. The summed E-state index contributed by atoms with van der Waals surface area (Å²) in [6.45, 7) is 6.00. The quantitative estimate of drug-likeness (QED) is 0.371. The van der Waals surface area contributed by atoms with E-state index in [2.05, 4.69) is 27.1 Å². The second-order valence-electron chi connectivity index (χ2n) is 3.25. The highest BCUT2D eigenvalue weighted by Gasteiger charge is 2.21. The fourth-order valence-corrected chi connectivity index (χ4v) is 0.671. The number of hydrogen-bond acceptors (Lipinski definition) is 0. The van der Waals surface area contributed by atoms with Crippen LogP contribution in [0.15, 0.2) is 0 Å². The van der Waals surface area contributed by atoms with E-state index in [1.54, 1.807) is 6.89 Å². The third-order valence-corrected chi connectivity index (χ3v) is 4.54. The Morgan fingerprint density at radius 1 is 1.44 bits per heavy atom. The van der Waals surface area contributed by atoms with E-state index in [-0.39, 0.29) is 5.16 Å². The predicted octanol–water partition coefficient (Wildman–Crippen LogP) is 1.02. The first kappa shape index (κ1) is 9.49. The van der Waals surface area contributed by atoms with Crippen LogP contribution in [0.2, 0.25) is 0 Å². The van der Waals surface area contributed by atoms with Crippen LogP contribution in [0.5, 0.6) is 0 Å². The minimum absolute atomic E-state index is 0.0434. The topological polar surface area (TPSA) is 0 Å². The second-order valence-corrected chi connectivity index (χ2v) is 6.75. The Balaban J connectivity index is 4.35. The van der Waals surface area contributed by atoms with Gasteiger partial charge in [-0.2, -0.15) is 6.64 Å². The van der Waals surface area contributed by atoms with Gasteiger partial charge in [0.05, 0.1) is 14.5 Å². The molecule has 0 saturated heterocycles. The van der Waals surface area contributed by atoms with E-state index in [0.29, 0.717) is 0 Å². The van der Waals surface area contributed by atoms with Gasteiger partial charge in [0.1, 0.15) is 0 Å². The molecule has 0 aromatic carbocycles. The average Bonchev–Trinajstić information content (AvgIpc) is 1.64. The summed E-state index contributed by atoms with van der Waals surface area (Å²) in [5.74, 6) is 0. The second kappa shape index (κ2) is 2.62. The predicted molar refractivity (Wildman–Crippen MR) is 51.1 cm³/mol. The molecule has 0 aromatic rings. The highest BCUT2D eigenvalue weighted by Crippen LogP contribution is 2.49. The van der Waals surface area contributed by atoms with Crippen molar-refractivity contribution in [2.45, 2.75) is 25.9 Å². The van der Waals surface area contributed by atoms with Gasteiger partial charge in [-0.3, -0.25) is 0 Å². The van der Waals surface area contributed by atoms with Crippen LogP contribution >= 0.6 is 6.64 Å². The van der Waals surface area contributed by atoms with E-state index in [1.165, 1.54) is 0 Å². The maximum Gasteiger partial charge on any atom is 0.0963 e. The third kappa shape index (κ3) is 2.30. The van der Waals surface area contributed by atoms with Crippen LogP contribution in [0, 0.1) is 0 Å². The van der Waals surface area contributed by atoms with Gasteiger partial charge in [0, 0.05) is 7.74 Å². The minimum atomic E-state index is -1.70. The molecule has 0 fully saturated rings. The van der Waals surface area contributed by atoms with Gasteiger partial charge in [-0.1, -0.05) is 20.8 Å². The Morgan fingerprint density at radius 2 is 1.78 bits per heavy atom. The largest absolute Gasteiger partial charge is 0.188 e. The van der Waals surface area contributed by atoms with Gasteiger partial charge in [0.2, 0.25) is 0 Å². The Labute approximate surface area is 61.7 Å². The molecule has 1 atom stereocenters. The summed E-state index contributed by atoms with van der Waals surface area (Å²) in [4.78, 5) is 0. The number of hydrogen-bond donors (Lipinski definition) is 0. The SMILES string of the molecule is [B][B]P([B])(=C)C(C)(C)C. The number of rotatable bonds is 1. The summed E-state index contributed by atoms with van der Waals surface area (Å²) in [5.41, 5.74) is 0. The van der Waals surface area contributed by atoms with Crippen LogP contribution in [0.3, 0.4) is 0 Å². The normalized spacial score (nSPS) is 18.6. The molecule has 0 saturated carbocycles. The molecule has 0 spiro atoms. The highest BCUT2D eigenvalue weighted by atomic mass is 31.2. The van der Waals surface area contributed by atoms with Crippen molar-refractivity contribution in [3.05, 3.63) is 0 Å². The molecule has 9 heavy (non-hydrogen) atoms.